The number of benzene rings is 2. The minimum atomic E-state index is -0.638. The molecule has 0 amide bonds. The average Bonchev–Trinajstić information content (AvgIpc) is 3.00. The molecule has 2 aromatic carbocycles. The lowest BCUT2D eigenvalue weighted by atomic mass is 10.1. The molecule has 0 aliphatic heterocycles. The van der Waals surface area contributed by atoms with E-state index >= 15 is 0 Å². The van der Waals surface area contributed by atoms with Crippen LogP contribution in [0.1, 0.15) is 16.5 Å². The standard InChI is InChI=1S/C16H11Cl2FN2/c17-14-8-4-7-13(16(14)19)15(18)11-9-20-21(10-11)12-5-2-1-3-6-12/h1-10,15H. The molecule has 2 nitrogen and oxygen atoms in total. The molecule has 0 aliphatic rings. The van der Waals surface area contributed by atoms with Crippen molar-refractivity contribution in [1.29, 1.82) is 0 Å². The predicted octanol–water partition coefficient (Wildman–Crippen LogP) is 4.99. The van der Waals surface area contributed by atoms with Gasteiger partial charge in [0.15, 0.2) is 0 Å². The van der Waals surface area contributed by atoms with Crippen LogP contribution < -0.4 is 0 Å². The van der Waals surface area contributed by atoms with E-state index in [0.29, 0.717) is 11.1 Å². The summed E-state index contributed by atoms with van der Waals surface area (Å²) in [5.74, 6) is -0.494. The number of nitrogens with zero attached hydrogens (tertiary/aromatic N) is 2. The number of halogens is 3. The van der Waals surface area contributed by atoms with Gasteiger partial charge in [0.1, 0.15) is 5.82 Å². The second-order valence-corrected chi connectivity index (χ2v) is 5.40. The van der Waals surface area contributed by atoms with Crippen LogP contribution in [-0.4, -0.2) is 9.78 Å². The summed E-state index contributed by atoms with van der Waals surface area (Å²) < 4.78 is 15.7. The predicted molar refractivity (Wildman–Crippen MR) is 82.7 cm³/mol. The molecule has 21 heavy (non-hydrogen) atoms. The molecule has 5 heteroatoms. The topological polar surface area (TPSA) is 17.8 Å². The molecular weight excluding hydrogens is 310 g/mol. The van der Waals surface area contributed by atoms with E-state index in [9.17, 15) is 4.39 Å². The van der Waals surface area contributed by atoms with E-state index < -0.39 is 11.2 Å². The Bertz CT molecular complexity index is 756. The van der Waals surface area contributed by atoms with Crippen LogP contribution in [0, 0.1) is 5.82 Å². The molecule has 1 heterocycles. The fraction of sp³-hybridized carbons (Fsp3) is 0.0625. The van der Waals surface area contributed by atoms with Gasteiger partial charge in [0.05, 0.1) is 22.3 Å². The number of para-hydroxylation sites is 1. The molecule has 0 saturated carbocycles. The maximum absolute atomic E-state index is 14.0. The van der Waals surface area contributed by atoms with Crippen molar-refractivity contribution in [3.63, 3.8) is 0 Å². The highest BCUT2D eigenvalue weighted by molar-refractivity contribution is 6.31. The molecule has 0 aliphatic carbocycles. The lowest BCUT2D eigenvalue weighted by Crippen LogP contribution is -1.97. The lowest BCUT2D eigenvalue weighted by Gasteiger charge is -2.09. The molecule has 0 saturated heterocycles. The Morgan fingerprint density at radius 3 is 2.57 bits per heavy atom. The third kappa shape index (κ3) is 2.80. The van der Waals surface area contributed by atoms with Crippen LogP contribution in [0.4, 0.5) is 4.39 Å². The van der Waals surface area contributed by atoms with Crippen LogP contribution >= 0.6 is 23.2 Å². The van der Waals surface area contributed by atoms with E-state index in [1.165, 1.54) is 6.07 Å². The third-order valence-electron chi connectivity index (χ3n) is 3.17. The largest absolute Gasteiger partial charge is 0.241 e. The van der Waals surface area contributed by atoms with Crippen molar-refractivity contribution < 1.29 is 4.39 Å². The fourth-order valence-electron chi connectivity index (χ4n) is 2.09. The molecule has 3 aromatic rings. The average molecular weight is 321 g/mol. The summed E-state index contributed by atoms with van der Waals surface area (Å²) in [5.41, 5.74) is 1.97. The molecular formula is C16H11Cl2FN2. The minimum absolute atomic E-state index is 0.0635. The van der Waals surface area contributed by atoms with Gasteiger partial charge in [-0.1, -0.05) is 41.9 Å². The van der Waals surface area contributed by atoms with E-state index in [2.05, 4.69) is 5.10 Å². The summed E-state index contributed by atoms with van der Waals surface area (Å²) in [6.07, 6.45) is 3.42. The van der Waals surface area contributed by atoms with Gasteiger partial charge in [0.25, 0.3) is 0 Å². The van der Waals surface area contributed by atoms with Crippen LogP contribution in [-0.2, 0) is 0 Å². The van der Waals surface area contributed by atoms with Gasteiger partial charge in [-0.2, -0.15) is 5.10 Å². The van der Waals surface area contributed by atoms with Crippen LogP contribution in [0.15, 0.2) is 60.9 Å². The zero-order valence-corrected chi connectivity index (χ0v) is 12.4. The molecule has 0 spiro atoms. The Hall–Kier alpha value is -1.84. The SMILES string of the molecule is Fc1c(Cl)cccc1C(Cl)c1cnn(-c2ccccc2)c1. The van der Waals surface area contributed by atoms with E-state index in [1.807, 2.05) is 30.3 Å². The Kier molecular flexibility index (Phi) is 3.95. The van der Waals surface area contributed by atoms with Crippen molar-refractivity contribution in [3.05, 3.63) is 82.9 Å². The van der Waals surface area contributed by atoms with Crippen molar-refractivity contribution in [2.75, 3.05) is 0 Å². The summed E-state index contributed by atoms with van der Waals surface area (Å²) in [6.45, 7) is 0. The summed E-state index contributed by atoms with van der Waals surface area (Å²) >= 11 is 12.1. The highest BCUT2D eigenvalue weighted by atomic mass is 35.5. The van der Waals surface area contributed by atoms with E-state index in [0.717, 1.165) is 5.69 Å². The van der Waals surface area contributed by atoms with Crippen molar-refractivity contribution in [2.24, 2.45) is 0 Å². The molecule has 1 atom stereocenters. The zero-order chi connectivity index (χ0) is 14.8. The van der Waals surface area contributed by atoms with Crippen LogP contribution in [0.5, 0.6) is 0 Å². The molecule has 0 fully saturated rings. The Morgan fingerprint density at radius 1 is 1.05 bits per heavy atom. The molecule has 0 radical (unpaired) electrons. The zero-order valence-electron chi connectivity index (χ0n) is 10.9. The number of rotatable bonds is 3. The van der Waals surface area contributed by atoms with Crippen LogP contribution in [0.25, 0.3) is 5.69 Å². The van der Waals surface area contributed by atoms with Crippen LogP contribution in [0.2, 0.25) is 5.02 Å². The Labute approximate surface area is 131 Å². The molecule has 106 valence electrons. The third-order valence-corrected chi connectivity index (χ3v) is 3.95. The summed E-state index contributed by atoms with van der Waals surface area (Å²) in [7, 11) is 0. The maximum Gasteiger partial charge on any atom is 0.146 e. The summed E-state index contributed by atoms with van der Waals surface area (Å²) in [6, 6.07) is 14.4. The van der Waals surface area contributed by atoms with E-state index in [1.54, 1.807) is 29.2 Å². The second-order valence-electron chi connectivity index (χ2n) is 4.56. The van der Waals surface area contributed by atoms with Gasteiger partial charge >= 0.3 is 0 Å². The Balaban J connectivity index is 1.95. The molecule has 1 aromatic heterocycles. The van der Waals surface area contributed by atoms with Crippen LogP contribution in [0.3, 0.4) is 0 Å². The van der Waals surface area contributed by atoms with Gasteiger partial charge in [-0.05, 0) is 18.2 Å². The molecule has 1 unspecified atom stereocenters. The minimum Gasteiger partial charge on any atom is -0.241 e. The van der Waals surface area contributed by atoms with Gasteiger partial charge in [-0.3, -0.25) is 0 Å². The lowest BCUT2D eigenvalue weighted by molar-refractivity contribution is 0.613. The molecule has 3 rings (SSSR count). The number of alkyl halides is 1. The number of hydrogen-bond donors (Lipinski definition) is 0. The fourth-order valence-corrected chi connectivity index (χ4v) is 2.55. The smallest absolute Gasteiger partial charge is 0.146 e. The highest BCUT2D eigenvalue weighted by Gasteiger charge is 2.18. The Morgan fingerprint density at radius 2 is 1.81 bits per heavy atom. The highest BCUT2D eigenvalue weighted by Crippen LogP contribution is 2.33. The van der Waals surface area contributed by atoms with Gasteiger partial charge in [0.2, 0.25) is 0 Å². The van der Waals surface area contributed by atoms with E-state index in [-0.39, 0.29) is 5.02 Å². The maximum atomic E-state index is 14.0. The summed E-state index contributed by atoms with van der Waals surface area (Å²) in [5, 5.41) is 3.69. The molecule has 0 N–H and O–H groups in total. The normalized spacial score (nSPS) is 12.3. The first-order valence-electron chi connectivity index (χ1n) is 6.35. The quantitative estimate of drug-likeness (QED) is 0.621. The van der Waals surface area contributed by atoms with Crippen molar-refractivity contribution >= 4 is 23.2 Å². The van der Waals surface area contributed by atoms with Crippen molar-refractivity contribution in [2.45, 2.75) is 5.38 Å². The van der Waals surface area contributed by atoms with Gasteiger partial charge in [0, 0.05) is 17.3 Å². The number of hydrogen-bond acceptors (Lipinski definition) is 1. The first-order chi connectivity index (χ1) is 10.2. The van der Waals surface area contributed by atoms with Gasteiger partial charge in [-0.25, -0.2) is 9.07 Å². The van der Waals surface area contributed by atoms with Gasteiger partial charge in [-0.15, -0.1) is 11.6 Å². The summed E-state index contributed by atoms with van der Waals surface area (Å²) in [4.78, 5) is 0. The van der Waals surface area contributed by atoms with E-state index in [4.69, 9.17) is 23.2 Å². The second kappa shape index (κ2) is 5.88. The monoisotopic (exact) mass is 320 g/mol. The first-order valence-corrected chi connectivity index (χ1v) is 7.16. The number of aromatic nitrogens is 2. The van der Waals surface area contributed by atoms with Gasteiger partial charge < -0.3 is 0 Å². The van der Waals surface area contributed by atoms with Crippen molar-refractivity contribution in [3.8, 4) is 5.69 Å². The van der Waals surface area contributed by atoms with Crippen molar-refractivity contribution in [1.82, 2.24) is 9.78 Å². The first kappa shape index (κ1) is 14.1. The molecule has 0 bridgehead atoms.